The molecule has 0 saturated carbocycles. The fraction of sp³-hybridized carbons (Fsp3) is 0.294. The van der Waals surface area contributed by atoms with Crippen molar-refractivity contribution >= 4 is 5.97 Å². The maximum Gasteiger partial charge on any atom is 0.307 e. The number of pyridine rings is 1. The van der Waals surface area contributed by atoms with Crippen LogP contribution in [0.3, 0.4) is 0 Å². The number of carbonyl (C=O) groups excluding carboxylic acids is 1. The van der Waals surface area contributed by atoms with Crippen molar-refractivity contribution in [2.75, 3.05) is 13.2 Å². The summed E-state index contributed by atoms with van der Waals surface area (Å²) in [4.78, 5) is 15.6. The smallest absolute Gasteiger partial charge is 0.307 e. The van der Waals surface area contributed by atoms with Crippen LogP contribution in [0, 0.1) is 0 Å². The summed E-state index contributed by atoms with van der Waals surface area (Å²) in [5, 5.41) is 3.21. The largest absolute Gasteiger partial charge is 0.466 e. The van der Waals surface area contributed by atoms with Gasteiger partial charge in [-0.15, -0.1) is 0 Å². The van der Waals surface area contributed by atoms with E-state index in [-0.39, 0.29) is 5.97 Å². The van der Waals surface area contributed by atoms with Crippen LogP contribution in [0.15, 0.2) is 48.7 Å². The Kier molecular flexibility index (Phi) is 5.91. The highest BCUT2D eigenvalue weighted by atomic mass is 16.5. The predicted octanol–water partition coefficient (Wildman–Crippen LogP) is 2.79. The molecule has 0 fully saturated rings. The zero-order valence-electron chi connectivity index (χ0n) is 12.2. The molecule has 0 amide bonds. The molecule has 1 N–H and O–H groups in total. The van der Waals surface area contributed by atoms with Crippen molar-refractivity contribution in [1.82, 2.24) is 10.3 Å². The van der Waals surface area contributed by atoms with Crippen LogP contribution in [0.2, 0.25) is 0 Å². The average molecular weight is 284 g/mol. The van der Waals surface area contributed by atoms with E-state index in [1.54, 1.807) is 0 Å². The Morgan fingerprint density at radius 2 is 2.00 bits per heavy atom. The van der Waals surface area contributed by atoms with Crippen molar-refractivity contribution in [2.45, 2.75) is 19.9 Å². The van der Waals surface area contributed by atoms with Gasteiger partial charge in [-0.3, -0.25) is 9.78 Å². The number of hydrogen-bond donors (Lipinski definition) is 1. The van der Waals surface area contributed by atoms with Gasteiger partial charge in [-0.25, -0.2) is 0 Å². The highest BCUT2D eigenvalue weighted by Gasteiger charge is 2.01. The number of hydrogen-bond acceptors (Lipinski definition) is 4. The molecule has 110 valence electrons. The third-order valence-corrected chi connectivity index (χ3v) is 3.03. The third kappa shape index (κ3) is 5.00. The molecule has 1 heterocycles. The molecule has 0 atom stereocenters. The van der Waals surface area contributed by atoms with Crippen molar-refractivity contribution in [3.05, 3.63) is 54.2 Å². The minimum atomic E-state index is -0.164. The molecule has 0 aliphatic carbocycles. The second kappa shape index (κ2) is 8.17. The van der Waals surface area contributed by atoms with E-state index in [9.17, 15) is 4.79 Å². The van der Waals surface area contributed by atoms with E-state index in [4.69, 9.17) is 4.74 Å². The fourth-order valence-electron chi connectivity index (χ4n) is 1.97. The van der Waals surface area contributed by atoms with Crippen LogP contribution in [0.25, 0.3) is 11.3 Å². The molecule has 0 aliphatic heterocycles. The molecule has 1 aromatic carbocycles. The van der Waals surface area contributed by atoms with Gasteiger partial charge in [0.25, 0.3) is 0 Å². The van der Waals surface area contributed by atoms with Crippen molar-refractivity contribution in [3.63, 3.8) is 0 Å². The molecule has 0 bridgehead atoms. The maximum atomic E-state index is 11.2. The minimum absolute atomic E-state index is 0.164. The second-order valence-electron chi connectivity index (χ2n) is 4.65. The number of nitrogens with zero attached hydrogens (tertiary/aromatic N) is 1. The van der Waals surface area contributed by atoms with Gasteiger partial charge in [0.1, 0.15) is 0 Å². The lowest BCUT2D eigenvalue weighted by molar-refractivity contribution is -0.142. The Bertz CT molecular complexity index is 553. The van der Waals surface area contributed by atoms with Crippen LogP contribution >= 0.6 is 0 Å². The summed E-state index contributed by atoms with van der Waals surface area (Å²) in [6, 6.07) is 14.1. The number of carbonyl (C=O) groups is 1. The summed E-state index contributed by atoms with van der Waals surface area (Å²) in [5.74, 6) is -0.164. The van der Waals surface area contributed by atoms with Crippen LogP contribution in [0.4, 0.5) is 0 Å². The molecule has 4 nitrogen and oxygen atoms in total. The van der Waals surface area contributed by atoms with Gasteiger partial charge in [0, 0.05) is 24.8 Å². The molecule has 0 saturated heterocycles. The van der Waals surface area contributed by atoms with Gasteiger partial charge in [0.05, 0.1) is 18.7 Å². The number of esters is 1. The van der Waals surface area contributed by atoms with E-state index in [0.717, 1.165) is 16.8 Å². The standard InChI is InChI=1S/C17H20N2O2/c1-2-21-17(20)10-11-18-12-14-8-9-16(19-13-14)15-6-4-3-5-7-15/h3-9,13,18H,2,10-12H2,1H3. The molecular weight excluding hydrogens is 264 g/mol. The summed E-state index contributed by atoms with van der Waals surface area (Å²) < 4.78 is 4.87. The normalized spacial score (nSPS) is 10.3. The first-order valence-corrected chi connectivity index (χ1v) is 7.16. The van der Waals surface area contributed by atoms with Crippen LogP contribution in [0.5, 0.6) is 0 Å². The summed E-state index contributed by atoms with van der Waals surface area (Å²) >= 11 is 0. The maximum absolute atomic E-state index is 11.2. The van der Waals surface area contributed by atoms with Gasteiger partial charge in [0.2, 0.25) is 0 Å². The summed E-state index contributed by atoms with van der Waals surface area (Å²) in [6.45, 7) is 3.55. The van der Waals surface area contributed by atoms with Crippen LogP contribution in [-0.2, 0) is 16.1 Å². The predicted molar refractivity (Wildman–Crippen MR) is 82.6 cm³/mol. The van der Waals surface area contributed by atoms with Gasteiger partial charge in [-0.2, -0.15) is 0 Å². The molecular formula is C17H20N2O2. The van der Waals surface area contributed by atoms with Gasteiger partial charge >= 0.3 is 5.97 Å². The van der Waals surface area contributed by atoms with Crippen molar-refractivity contribution in [3.8, 4) is 11.3 Å². The van der Waals surface area contributed by atoms with E-state index < -0.39 is 0 Å². The molecule has 0 radical (unpaired) electrons. The Morgan fingerprint density at radius 1 is 1.19 bits per heavy atom. The van der Waals surface area contributed by atoms with E-state index >= 15 is 0 Å². The number of nitrogens with one attached hydrogen (secondary N) is 1. The Balaban J connectivity index is 1.79. The molecule has 1 aromatic heterocycles. The monoisotopic (exact) mass is 284 g/mol. The first kappa shape index (κ1) is 15.2. The Morgan fingerprint density at radius 3 is 2.67 bits per heavy atom. The lowest BCUT2D eigenvalue weighted by atomic mass is 10.1. The molecule has 2 aromatic rings. The molecule has 21 heavy (non-hydrogen) atoms. The van der Waals surface area contributed by atoms with Crippen LogP contribution in [0.1, 0.15) is 18.9 Å². The van der Waals surface area contributed by atoms with Crippen molar-refractivity contribution in [1.29, 1.82) is 0 Å². The Hall–Kier alpha value is -2.20. The molecule has 0 spiro atoms. The van der Waals surface area contributed by atoms with Crippen molar-refractivity contribution in [2.24, 2.45) is 0 Å². The molecule has 2 rings (SSSR count). The lowest BCUT2D eigenvalue weighted by Gasteiger charge is -2.06. The van der Waals surface area contributed by atoms with E-state index in [1.165, 1.54) is 0 Å². The van der Waals surface area contributed by atoms with E-state index in [2.05, 4.69) is 10.3 Å². The molecule has 0 aliphatic rings. The van der Waals surface area contributed by atoms with Gasteiger partial charge < -0.3 is 10.1 Å². The third-order valence-electron chi connectivity index (χ3n) is 3.03. The minimum Gasteiger partial charge on any atom is -0.466 e. The van der Waals surface area contributed by atoms with Gasteiger partial charge in [-0.05, 0) is 18.6 Å². The lowest BCUT2D eigenvalue weighted by Crippen LogP contribution is -2.19. The van der Waals surface area contributed by atoms with Gasteiger partial charge in [0.15, 0.2) is 0 Å². The van der Waals surface area contributed by atoms with E-state index in [1.807, 2.05) is 55.6 Å². The summed E-state index contributed by atoms with van der Waals surface area (Å²) in [5.41, 5.74) is 3.17. The van der Waals surface area contributed by atoms with E-state index in [0.29, 0.717) is 26.1 Å². The first-order chi connectivity index (χ1) is 10.3. The molecule has 0 unspecified atom stereocenters. The summed E-state index contributed by atoms with van der Waals surface area (Å²) in [7, 11) is 0. The highest BCUT2D eigenvalue weighted by Crippen LogP contribution is 2.15. The topological polar surface area (TPSA) is 51.2 Å². The number of benzene rings is 1. The molecule has 4 heteroatoms. The van der Waals surface area contributed by atoms with Crippen LogP contribution < -0.4 is 5.32 Å². The quantitative estimate of drug-likeness (QED) is 0.627. The second-order valence-corrected chi connectivity index (χ2v) is 4.65. The zero-order valence-corrected chi connectivity index (χ0v) is 12.2. The number of rotatable bonds is 7. The number of ether oxygens (including phenoxy) is 1. The SMILES string of the molecule is CCOC(=O)CCNCc1ccc(-c2ccccc2)nc1. The Labute approximate surface area is 125 Å². The zero-order chi connectivity index (χ0) is 14.9. The highest BCUT2D eigenvalue weighted by molar-refractivity contribution is 5.69. The van der Waals surface area contributed by atoms with Crippen LogP contribution in [-0.4, -0.2) is 24.1 Å². The number of aromatic nitrogens is 1. The van der Waals surface area contributed by atoms with Crippen molar-refractivity contribution < 1.29 is 9.53 Å². The summed E-state index contributed by atoms with van der Waals surface area (Å²) in [6.07, 6.45) is 2.25. The average Bonchev–Trinajstić information content (AvgIpc) is 2.53. The van der Waals surface area contributed by atoms with Gasteiger partial charge in [-0.1, -0.05) is 36.4 Å². The first-order valence-electron chi connectivity index (χ1n) is 7.16. The fourth-order valence-corrected chi connectivity index (χ4v) is 1.97.